The van der Waals surface area contributed by atoms with E-state index in [4.69, 9.17) is 16.6 Å². The Hall–Kier alpha value is -2.64. The van der Waals surface area contributed by atoms with Crippen molar-refractivity contribution in [3.63, 3.8) is 0 Å². The molecule has 3 heterocycles. The monoisotopic (exact) mass is 467 g/mol. The number of aliphatic hydroxyl groups excluding tert-OH is 1. The maximum Gasteiger partial charge on any atom is 0.271 e. The van der Waals surface area contributed by atoms with Crippen molar-refractivity contribution < 1.29 is 5.11 Å². The highest BCUT2D eigenvalue weighted by Crippen LogP contribution is 2.32. The van der Waals surface area contributed by atoms with E-state index in [1.54, 1.807) is 16.8 Å². The quantitative estimate of drug-likeness (QED) is 0.559. The smallest absolute Gasteiger partial charge is 0.271 e. The normalized spacial score (nSPS) is 17.7. The molecule has 0 amide bonds. The lowest BCUT2D eigenvalue weighted by Gasteiger charge is -2.33. The van der Waals surface area contributed by atoms with Crippen LogP contribution in [0.15, 0.2) is 35.3 Å². The molecule has 0 atom stereocenters. The Morgan fingerprint density at radius 3 is 2.61 bits per heavy atom. The molecule has 7 nitrogen and oxygen atoms in total. The minimum atomic E-state index is -0.175. The van der Waals surface area contributed by atoms with E-state index >= 15 is 0 Å². The lowest BCUT2D eigenvalue weighted by atomic mass is 9.97. The van der Waals surface area contributed by atoms with Gasteiger partial charge in [0.2, 0.25) is 5.95 Å². The molecule has 1 saturated carbocycles. The fourth-order valence-corrected chi connectivity index (χ4v) is 5.34. The van der Waals surface area contributed by atoms with Crippen LogP contribution in [0.1, 0.15) is 50.1 Å². The molecule has 174 valence electrons. The van der Waals surface area contributed by atoms with Crippen LogP contribution in [0.4, 0.5) is 17.3 Å². The molecule has 1 aliphatic carbocycles. The van der Waals surface area contributed by atoms with Crippen LogP contribution < -0.4 is 15.8 Å². The fraction of sp³-hybridized carbons (Fsp3) is 0.480. The molecule has 1 saturated heterocycles. The average molecular weight is 468 g/mol. The van der Waals surface area contributed by atoms with E-state index < -0.39 is 0 Å². The lowest BCUT2D eigenvalue weighted by molar-refractivity contribution is 0.203. The number of fused-ring (bicyclic) bond motifs is 1. The van der Waals surface area contributed by atoms with Crippen molar-refractivity contribution >= 4 is 40.0 Å². The van der Waals surface area contributed by atoms with E-state index in [-0.39, 0.29) is 23.2 Å². The van der Waals surface area contributed by atoms with E-state index in [0.717, 1.165) is 68.3 Å². The number of halogens is 1. The van der Waals surface area contributed by atoms with Crippen molar-refractivity contribution in [3.05, 3.63) is 51.4 Å². The van der Waals surface area contributed by atoms with E-state index in [1.807, 2.05) is 0 Å². The van der Waals surface area contributed by atoms with Gasteiger partial charge < -0.3 is 15.3 Å². The Balaban J connectivity index is 1.42. The van der Waals surface area contributed by atoms with Crippen molar-refractivity contribution in [2.75, 3.05) is 29.9 Å². The van der Waals surface area contributed by atoms with Gasteiger partial charge in [0.25, 0.3) is 5.56 Å². The summed E-state index contributed by atoms with van der Waals surface area (Å²) in [4.78, 5) is 24.4. The van der Waals surface area contributed by atoms with Crippen molar-refractivity contribution in [2.24, 2.45) is 5.92 Å². The maximum atomic E-state index is 12.9. The predicted octanol–water partition coefficient (Wildman–Crippen LogP) is 4.82. The van der Waals surface area contributed by atoms with Crippen LogP contribution >= 0.6 is 11.6 Å². The first kappa shape index (κ1) is 22.2. The molecule has 1 aromatic carbocycles. The standard InChI is InChI=1S/C25H30ClN5O2/c1-16-12-20(30-10-8-17(15-32)9-11-30)6-7-22(16)28-25-27-14-18-13-21(26)24(33)31(23(18)29-25)19-4-2-3-5-19/h6-7,12-14,17,19,32H,2-5,8-11,15H2,1H3,(H,27,28,29). The van der Waals surface area contributed by atoms with Crippen molar-refractivity contribution in [2.45, 2.75) is 51.5 Å². The summed E-state index contributed by atoms with van der Waals surface area (Å²) in [5.41, 5.74) is 3.69. The zero-order valence-corrected chi connectivity index (χ0v) is 19.7. The summed E-state index contributed by atoms with van der Waals surface area (Å²) in [5, 5.41) is 13.7. The minimum absolute atomic E-state index is 0.137. The average Bonchev–Trinajstić information content (AvgIpc) is 3.36. The van der Waals surface area contributed by atoms with E-state index in [2.05, 4.69) is 40.3 Å². The van der Waals surface area contributed by atoms with Gasteiger partial charge >= 0.3 is 0 Å². The van der Waals surface area contributed by atoms with Gasteiger partial charge in [0, 0.05) is 48.7 Å². The van der Waals surface area contributed by atoms with Gasteiger partial charge in [-0.3, -0.25) is 9.36 Å². The van der Waals surface area contributed by atoms with Crippen LogP contribution in [-0.2, 0) is 0 Å². The zero-order chi connectivity index (χ0) is 22.9. The summed E-state index contributed by atoms with van der Waals surface area (Å²) >= 11 is 6.24. The number of aryl methyl sites for hydroxylation is 1. The molecule has 0 unspecified atom stereocenters. The maximum absolute atomic E-state index is 12.9. The minimum Gasteiger partial charge on any atom is -0.396 e. The molecule has 8 heteroatoms. The summed E-state index contributed by atoms with van der Waals surface area (Å²) in [6.07, 6.45) is 7.95. The number of hydrogen-bond donors (Lipinski definition) is 2. The molecular weight excluding hydrogens is 438 g/mol. The molecule has 2 N–H and O–H groups in total. The second kappa shape index (κ2) is 9.31. The third-order valence-electron chi connectivity index (χ3n) is 7.11. The molecule has 2 aliphatic rings. The fourth-order valence-electron chi connectivity index (χ4n) is 5.13. The summed E-state index contributed by atoms with van der Waals surface area (Å²) in [6, 6.07) is 8.15. The van der Waals surface area contributed by atoms with Gasteiger partial charge in [-0.05, 0) is 68.4 Å². The third kappa shape index (κ3) is 4.44. The number of piperidine rings is 1. The summed E-state index contributed by atoms with van der Waals surface area (Å²) in [7, 11) is 0. The predicted molar refractivity (Wildman–Crippen MR) is 133 cm³/mol. The molecular formula is C25H30ClN5O2. The number of benzene rings is 1. The number of nitrogens with one attached hydrogen (secondary N) is 1. The lowest BCUT2D eigenvalue weighted by Crippen LogP contribution is -2.34. The molecule has 0 spiro atoms. The molecule has 0 radical (unpaired) electrons. The highest BCUT2D eigenvalue weighted by molar-refractivity contribution is 6.31. The van der Waals surface area contributed by atoms with Crippen molar-refractivity contribution in [1.29, 1.82) is 0 Å². The molecule has 2 fully saturated rings. The van der Waals surface area contributed by atoms with Gasteiger partial charge in [-0.25, -0.2) is 4.98 Å². The number of aliphatic hydroxyl groups is 1. The van der Waals surface area contributed by atoms with Gasteiger partial charge in [-0.2, -0.15) is 4.98 Å². The first-order valence-electron chi connectivity index (χ1n) is 11.8. The number of rotatable bonds is 5. The van der Waals surface area contributed by atoms with E-state index in [1.165, 1.54) is 5.69 Å². The number of hydrogen-bond acceptors (Lipinski definition) is 6. The largest absolute Gasteiger partial charge is 0.396 e. The van der Waals surface area contributed by atoms with Gasteiger partial charge in [0.15, 0.2) is 0 Å². The Morgan fingerprint density at radius 1 is 1.15 bits per heavy atom. The Labute approximate surface area is 198 Å². The number of pyridine rings is 1. The van der Waals surface area contributed by atoms with Crippen LogP contribution in [-0.4, -0.2) is 39.3 Å². The summed E-state index contributed by atoms with van der Waals surface area (Å²) in [5.74, 6) is 0.889. The molecule has 0 bridgehead atoms. The highest BCUT2D eigenvalue weighted by atomic mass is 35.5. The van der Waals surface area contributed by atoms with Gasteiger partial charge in [-0.1, -0.05) is 24.4 Å². The van der Waals surface area contributed by atoms with Gasteiger partial charge in [-0.15, -0.1) is 0 Å². The first-order valence-corrected chi connectivity index (χ1v) is 12.2. The molecule has 33 heavy (non-hydrogen) atoms. The van der Waals surface area contributed by atoms with E-state index in [9.17, 15) is 9.90 Å². The zero-order valence-electron chi connectivity index (χ0n) is 18.9. The topological polar surface area (TPSA) is 83.3 Å². The Bertz CT molecular complexity index is 1210. The van der Waals surface area contributed by atoms with Crippen LogP contribution in [0.25, 0.3) is 11.0 Å². The second-order valence-corrected chi connectivity index (χ2v) is 9.72. The molecule has 5 rings (SSSR count). The van der Waals surface area contributed by atoms with Crippen LogP contribution in [0.5, 0.6) is 0 Å². The van der Waals surface area contributed by atoms with Crippen LogP contribution in [0.3, 0.4) is 0 Å². The van der Waals surface area contributed by atoms with Crippen LogP contribution in [0.2, 0.25) is 5.02 Å². The van der Waals surface area contributed by atoms with Gasteiger partial charge in [0.1, 0.15) is 10.7 Å². The van der Waals surface area contributed by atoms with Crippen molar-refractivity contribution in [1.82, 2.24) is 14.5 Å². The number of aromatic nitrogens is 3. The third-order valence-corrected chi connectivity index (χ3v) is 7.38. The number of nitrogens with zero attached hydrogens (tertiary/aromatic N) is 4. The number of anilines is 3. The van der Waals surface area contributed by atoms with Crippen molar-refractivity contribution in [3.8, 4) is 0 Å². The van der Waals surface area contributed by atoms with E-state index in [0.29, 0.717) is 17.5 Å². The SMILES string of the molecule is Cc1cc(N2CCC(CO)CC2)ccc1Nc1ncc2cc(Cl)c(=O)n(C3CCCC3)c2n1. The summed E-state index contributed by atoms with van der Waals surface area (Å²) < 4.78 is 1.77. The highest BCUT2D eigenvalue weighted by Gasteiger charge is 2.23. The Morgan fingerprint density at radius 2 is 1.91 bits per heavy atom. The first-order chi connectivity index (χ1) is 16.0. The second-order valence-electron chi connectivity index (χ2n) is 9.32. The molecule has 3 aromatic rings. The van der Waals surface area contributed by atoms with Crippen LogP contribution in [0, 0.1) is 12.8 Å². The Kier molecular flexibility index (Phi) is 6.25. The summed E-state index contributed by atoms with van der Waals surface area (Å²) in [6.45, 7) is 4.28. The van der Waals surface area contributed by atoms with Gasteiger partial charge in [0.05, 0.1) is 0 Å². The molecule has 1 aliphatic heterocycles. The molecule has 2 aromatic heterocycles.